The summed E-state index contributed by atoms with van der Waals surface area (Å²) in [6.45, 7) is 0. The molecule has 30 heavy (non-hydrogen) atoms. The molecule has 3 aromatic carbocycles. The van der Waals surface area contributed by atoms with Gasteiger partial charge in [0.05, 0.1) is 17.4 Å². The zero-order valence-corrected chi connectivity index (χ0v) is 15.6. The van der Waals surface area contributed by atoms with Crippen LogP contribution in [0.3, 0.4) is 0 Å². The SMILES string of the molecule is O=C1[C@H]2[C@@H](c3ccccc3F)N(c3ccccc3)O[C@H]2C(=O)N1c1ccc(F)cc1. The molecule has 0 aromatic heterocycles. The lowest BCUT2D eigenvalue weighted by Gasteiger charge is -2.29. The van der Waals surface area contributed by atoms with Gasteiger partial charge in [0.25, 0.3) is 5.91 Å². The number of benzene rings is 3. The Hall–Kier alpha value is -3.58. The van der Waals surface area contributed by atoms with Crippen molar-refractivity contribution < 1.29 is 23.2 Å². The molecule has 3 aromatic rings. The zero-order valence-electron chi connectivity index (χ0n) is 15.6. The Morgan fingerprint density at radius 2 is 1.40 bits per heavy atom. The predicted molar refractivity (Wildman–Crippen MR) is 105 cm³/mol. The Morgan fingerprint density at radius 3 is 2.10 bits per heavy atom. The van der Waals surface area contributed by atoms with E-state index in [9.17, 15) is 18.4 Å². The molecule has 2 aliphatic rings. The van der Waals surface area contributed by atoms with E-state index < -0.39 is 41.5 Å². The van der Waals surface area contributed by atoms with Crippen LogP contribution in [0.4, 0.5) is 20.2 Å². The Morgan fingerprint density at radius 1 is 0.733 bits per heavy atom. The van der Waals surface area contributed by atoms with Gasteiger partial charge in [-0.1, -0.05) is 36.4 Å². The van der Waals surface area contributed by atoms with Crippen molar-refractivity contribution in [3.05, 3.63) is 96.1 Å². The number of amides is 2. The van der Waals surface area contributed by atoms with Crippen molar-refractivity contribution in [1.29, 1.82) is 0 Å². The number of nitrogens with zero attached hydrogens (tertiary/aromatic N) is 2. The summed E-state index contributed by atoms with van der Waals surface area (Å²) in [5.74, 6) is -2.98. The summed E-state index contributed by atoms with van der Waals surface area (Å²) in [7, 11) is 0. The normalized spacial score (nSPS) is 23.2. The van der Waals surface area contributed by atoms with Crippen molar-refractivity contribution >= 4 is 23.2 Å². The van der Waals surface area contributed by atoms with Gasteiger partial charge in [0, 0.05) is 5.56 Å². The molecule has 2 fully saturated rings. The van der Waals surface area contributed by atoms with Crippen molar-refractivity contribution in [3.8, 4) is 0 Å². The highest BCUT2D eigenvalue weighted by Crippen LogP contribution is 2.48. The van der Waals surface area contributed by atoms with Gasteiger partial charge >= 0.3 is 0 Å². The highest BCUT2D eigenvalue weighted by Gasteiger charge is 2.60. The second-order valence-electron chi connectivity index (χ2n) is 7.17. The van der Waals surface area contributed by atoms with Gasteiger partial charge in [0.2, 0.25) is 5.91 Å². The summed E-state index contributed by atoms with van der Waals surface area (Å²) >= 11 is 0. The van der Waals surface area contributed by atoms with Crippen LogP contribution in [0.25, 0.3) is 0 Å². The average Bonchev–Trinajstić information content (AvgIpc) is 3.26. The third-order valence-electron chi connectivity index (χ3n) is 5.43. The van der Waals surface area contributed by atoms with Crippen LogP contribution >= 0.6 is 0 Å². The van der Waals surface area contributed by atoms with Crippen LogP contribution < -0.4 is 9.96 Å². The van der Waals surface area contributed by atoms with Gasteiger partial charge in [-0.2, -0.15) is 0 Å². The number of hydrogen-bond acceptors (Lipinski definition) is 4. The van der Waals surface area contributed by atoms with Crippen LogP contribution in [-0.4, -0.2) is 17.9 Å². The average molecular weight is 406 g/mol. The summed E-state index contributed by atoms with van der Waals surface area (Å²) in [5, 5.41) is 1.44. The van der Waals surface area contributed by atoms with Crippen molar-refractivity contribution in [2.24, 2.45) is 5.92 Å². The minimum absolute atomic E-state index is 0.253. The lowest BCUT2D eigenvalue weighted by atomic mass is 9.90. The first-order valence-corrected chi connectivity index (χ1v) is 9.45. The van der Waals surface area contributed by atoms with Crippen molar-refractivity contribution in [2.75, 3.05) is 9.96 Å². The first kappa shape index (κ1) is 18.4. The van der Waals surface area contributed by atoms with Crippen molar-refractivity contribution in [2.45, 2.75) is 12.1 Å². The molecular weight excluding hydrogens is 390 g/mol. The molecule has 2 amide bonds. The molecule has 2 saturated heterocycles. The first-order chi connectivity index (χ1) is 14.6. The number of carbonyl (C=O) groups excluding carboxylic acids is 2. The molecule has 5 nitrogen and oxygen atoms in total. The number of halogens is 2. The third-order valence-corrected chi connectivity index (χ3v) is 5.43. The lowest BCUT2D eigenvalue weighted by Crippen LogP contribution is -2.37. The maximum atomic E-state index is 14.7. The number of hydroxylamine groups is 1. The number of carbonyl (C=O) groups is 2. The second-order valence-corrected chi connectivity index (χ2v) is 7.17. The molecule has 0 radical (unpaired) electrons. The van der Waals surface area contributed by atoms with E-state index in [2.05, 4.69) is 0 Å². The Bertz CT molecular complexity index is 1120. The highest BCUT2D eigenvalue weighted by atomic mass is 19.1. The maximum Gasteiger partial charge on any atom is 0.266 e. The Balaban J connectivity index is 1.60. The zero-order chi connectivity index (χ0) is 20.8. The predicted octanol–water partition coefficient (Wildman–Crippen LogP) is 4.02. The van der Waals surface area contributed by atoms with Crippen LogP contribution in [0.5, 0.6) is 0 Å². The van der Waals surface area contributed by atoms with Gasteiger partial charge in [-0.05, 0) is 42.5 Å². The quantitative estimate of drug-likeness (QED) is 0.617. The molecule has 0 spiro atoms. The number of hydrogen-bond donors (Lipinski definition) is 0. The van der Waals surface area contributed by atoms with Crippen LogP contribution in [0.15, 0.2) is 78.9 Å². The molecule has 7 heteroatoms. The standard InChI is InChI=1S/C23H16F2N2O3/c24-14-10-12-15(13-11-14)26-22(28)19-20(17-8-4-5-9-18(17)25)27(30-21(19)23(26)29)16-6-2-1-3-7-16/h1-13,19-21H/t19-,20+,21+/m0/s1. The van der Waals surface area contributed by atoms with Gasteiger partial charge in [-0.15, -0.1) is 0 Å². The number of fused-ring (bicyclic) bond motifs is 1. The van der Waals surface area contributed by atoms with Gasteiger partial charge in [0.15, 0.2) is 6.10 Å². The molecule has 150 valence electrons. The highest BCUT2D eigenvalue weighted by molar-refractivity contribution is 6.23. The van der Waals surface area contributed by atoms with E-state index in [1.807, 2.05) is 6.07 Å². The van der Waals surface area contributed by atoms with Crippen LogP contribution in [0.1, 0.15) is 11.6 Å². The smallest absolute Gasteiger partial charge is 0.266 e. The van der Waals surface area contributed by atoms with Crippen molar-refractivity contribution in [1.82, 2.24) is 0 Å². The lowest BCUT2D eigenvalue weighted by molar-refractivity contribution is -0.126. The number of imide groups is 1. The fourth-order valence-electron chi connectivity index (χ4n) is 4.09. The molecule has 5 rings (SSSR count). The number of rotatable bonds is 3. The maximum absolute atomic E-state index is 14.7. The fourth-order valence-corrected chi connectivity index (χ4v) is 4.09. The second kappa shape index (κ2) is 7.03. The molecule has 0 aliphatic carbocycles. The summed E-state index contributed by atoms with van der Waals surface area (Å²) in [4.78, 5) is 33.3. The Labute approximate surface area is 171 Å². The fraction of sp³-hybridized carbons (Fsp3) is 0.130. The van der Waals surface area contributed by atoms with E-state index >= 15 is 0 Å². The summed E-state index contributed by atoms with van der Waals surface area (Å²) in [6.07, 6.45) is -1.10. The molecule has 2 aliphatic heterocycles. The van der Waals surface area contributed by atoms with E-state index in [1.165, 1.54) is 35.4 Å². The molecule has 0 saturated carbocycles. The van der Waals surface area contributed by atoms with E-state index in [0.717, 1.165) is 4.90 Å². The third kappa shape index (κ3) is 2.78. The van der Waals surface area contributed by atoms with Crippen LogP contribution in [-0.2, 0) is 14.4 Å². The molecule has 0 bridgehead atoms. The largest absolute Gasteiger partial charge is 0.273 e. The van der Waals surface area contributed by atoms with E-state index in [-0.39, 0.29) is 11.3 Å². The molecule has 3 atom stereocenters. The monoisotopic (exact) mass is 406 g/mol. The summed E-state index contributed by atoms with van der Waals surface area (Å²) in [6, 6.07) is 19.3. The molecule has 2 heterocycles. The number of para-hydroxylation sites is 1. The Kier molecular flexibility index (Phi) is 4.33. The van der Waals surface area contributed by atoms with Crippen LogP contribution in [0, 0.1) is 17.6 Å². The summed E-state index contributed by atoms with van der Waals surface area (Å²) in [5.41, 5.74) is 1.12. The van der Waals surface area contributed by atoms with Gasteiger partial charge in [-0.3, -0.25) is 14.4 Å². The van der Waals surface area contributed by atoms with E-state index in [0.29, 0.717) is 5.69 Å². The number of anilines is 2. The van der Waals surface area contributed by atoms with Crippen molar-refractivity contribution in [3.63, 3.8) is 0 Å². The molecular formula is C23H16F2N2O3. The molecule has 0 N–H and O–H groups in total. The molecule has 0 unspecified atom stereocenters. The van der Waals surface area contributed by atoms with Gasteiger partial charge < -0.3 is 0 Å². The summed E-state index contributed by atoms with van der Waals surface area (Å²) < 4.78 is 28.0. The first-order valence-electron chi connectivity index (χ1n) is 9.45. The minimum Gasteiger partial charge on any atom is -0.273 e. The van der Waals surface area contributed by atoms with E-state index in [4.69, 9.17) is 4.84 Å². The van der Waals surface area contributed by atoms with Gasteiger partial charge in [0.1, 0.15) is 17.6 Å². The topological polar surface area (TPSA) is 49.9 Å². The minimum atomic E-state index is -1.10. The van der Waals surface area contributed by atoms with E-state index in [1.54, 1.807) is 42.5 Å². The van der Waals surface area contributed by atoms with Crippen LogP contribution in [0.2, 0.25) is 0 Å². The van der Waals surface area contributed by atoms with Gasteiger partial charge in [-0.25, -0.2) is 18.7 Å².